The first-order chi connectivity index (χ1) is 19.3. The number of carbonyl (C=O) groups is 1. The maximum atomic E-state index is 10.4. The van der Waals surface area contributed by atoms with Crippen molar-refractivity contribution in [2.45, 2.75) is 86.2 Å². The quantitative estimate of drug-likeness (QED) is 0.104. The van der Waals surface area contributed by atoms with Gasteiger partial charge in [0.1, 0.15) is 11.9 Å². The average molecular weight is 545 g/mol. The summed E-state index contributed by atoms with van der Waals surface area (Å²) in [5, 5.41) is 0. The van der Waals surface area contributed by atoms with E-state index in [9.17, 15) is 4.79 Å². The third-order valence-corrected chi connectivity index (χ3v) is 5.91. The Morgan fingerprint density at radius 2 is 1.85 bits per heavy atom. The van der Waals surface area contributed by atoms with Crippen LogP contribution >= 0.6 is 0 Å². The molecule has 0 bridgehead atoms. The molecule has 0 fully saturated rings. The molecule has 2 aromatic rings. The van der Waals surface area contributed by atoms with Gasteiger partial charge in [-0.3, -0.25) is 4.79 Å². The van der Waals surface area contributed by atoms with Crippen molar-refractivity contribution in [1.82, 2.24) is 0 Å². The normalized spacial score (nSPS) is 12.5. The van der Waals surface area contributed by atoms with Crippen LogP contribution in [0.1, 0.15) is 89.5 Å². The molecule has 0 saturated carbocycles. The largest absolute Gasteiger partial charge is 0.493 e. The minimum absolute atomic E-state index is 0.127. The lowest BCUT2D eigenvalue weighted by Gasteiger charge is -2.17. The van der Waals surface area contributed by atoms with Crippen LogP contribution in [0.4, 0.5) is 0 Å². The molecule has 1 aliphatic carbocycles. The van der Waals surface area contributed by atoms with Gasteiger partial charge in [0, 0.05) is 12.0 Å². The van der Waals surface area contributed by atoms with Gasteiger partial charge in [0.2, 0.25) is 0 Å². The second-order valence-corrected chi connectivity index (χ2v) is 9.13. The lowest BCUT2D eigenvalue weighted by Crippen LogP contribution is -2.00. The SMILES string of the molecule is C#C.C/C=C\C.C=C(C)OC1CCc2ccc(-c3cc(C)ccc3OCCCC)cc21.CC#CCCC(=O)OC. The number of esters is 1. The Labute approximate surface area is 243 Å². The van der Waals surface area contributed by atoms with E-state index in [0.717, 1.165) is 43.8 Å². The lowest BCUT2D eigenvalue weighted by atomic mass is 9.98. The summed E-state index contributed by atoms with van der Waals surface area (Å²) in [6.07, 6.45) is 17.4. The van der Waals surface area contributed by atoms with Crippen molar-refractivity contribution in [3.63, 3.8) is 0 Å². The topological polar surface area (TPSA) is 44.8 Å². The van der Waals surface area contributed by atoms with E-state index in [2.05, 4.69) is 86.2 Å². The monoisotopic (exact) mass is 544 g/mol. The van der Waals surface area contributed by atoms with Crippen molar-refractivity contribution in [2.24, 2.45) is 0 Å². The highest BCUT2D eigenvalue weighted by molar-refractivity contribution is 5.72. The Morgan fingerprint density at radius 3 is 2.42 bits per heavy atom. The summed E-state index contributed by atoms with van der Waals surface area (Å²) in [4.78, 5) is 10.4. The highest BCUT2D eigenvalue weighted by atomic mass is 16.5. The number of benzene rings is 2. The molecule has 4 heteroatoms. The van der Waals surface area contributed by atoms with Crippen LogP contribution in [0.3, 0.4) is 0 Å². The second-order valence-electron chi connectivity index (χ2n) is 9.13. The first-order valence-corrected chi connectivity index (χ1v) is 13.9. The second kappa shape index (κ2) is 22.0. The van der Waals surface area contributed by atoms with Crippen molar-refractivity contribution in [3.05, 3.63) is 77.6 Å². The fourth-order valence-electron chi connectivity index (χ4n) is 3.81. The summed E-state index contributed by atoms with van der Waals surface area (Å²) in [5.74, 6) is 7.00. The summed E-state index contributed by atoms with van der Waals surface area (Å²) >= 11 is 0. The van der Waals surface area contributed by atoms with Gasteiger partial charge in [-0.25, -0.2) is 0 Å². The number of hydrogen-bond acceptors (Lipinski definition) is 4. The van der Waals surface area contributed by atoms with Gasteiger partial charge in [-0.2, -0.15) is 0 Å². The molecule has 0 spiro atoms. The van der Waals surface area contributed by atoms with Crippen LogP contribution in [0.5, 0.6) is 5.75 Å². The molecule has 0 aromatic heterocycles. The Balaban J connectivity index is 0.000000845. The summed E-state index contributed by atoms with van der Waals surface area (Å²) in [5.41, 5.74) is 6.29. The first-order valence-electron chi connectivity index (χ1n) is 13.9. The van der Waals surface area contributed by atoms with Gasteiger partial charge in [0.25, 0.3) is 0 Å². The molecule has 40 heavy (non-hydrogen) atoms. The molecule has 1 unspecified atom stereocenters. The minimum Gasteiger partial charge on any atom is -0.493 e. The number of fused-ring (bicyclic) bond motifs is 1. The predicted octanol–water partition coefficient (Wildman–Crippen LogP) is 9.17. The third-order valence-electron chi connectivity index (χ3n) is 5.91. The van der Waals surface area contributed by atoms with Crippen molar-refractivity contribution >= 4 is 5.97 Å². The van der Waals surface area contributed by atoms with Gasteiger partial charge in [0.05, 0.1) is 25.9 Å². The molecule has 1 aliphatic rings. The molecule has 1 atom stereocenters. The molecule has 2 aromatic carbocycles. The number of unbranched alkanes of at least 4 members (excludes halogenated alkanes) is 1. The molecule has 3 rings (SSSR count). The Kier molecular flexibility index (Phi) is 19.8. The number of terminal acetylenes is 1. The van der Waals surface area contributed by atoms with Crippen molar-refractivity contribution in [2.75, 3.05) is 13.7 Å². The number of ether oxygens (including phenoxy) is 3. The Bertz CT molecular complexity index is 1140. The molecule has 4 nitrogen and oxygen atoms in total. The standard InChI is InChI=1S/C23H28O2.C7H10O2.C4H8.C2H2/c1-5-6-13-24-22-11-7-17(4)14-20(22)19-9-8-18-10-12-23(21(18)15-19)25-16(2)3;1-3-4-5-6-7(8)9-2;1-3-4-2;1-2/h7-9,11,14-15,23H,2,5-6,10,12-13H2,1,3-4H3;5-6H2,1-2H3;3-4H,1-2H3;1-2H/b;;4-3-;. The van der Waals surface area contributed by atoms with Gasteiger partial charge >= 0.3 is 5.97 Å². The fraction of sp³-hybridized carbons (Fsp3) is 0.417. The van der Waals surface area contributed by atoms with Crippen LogP contribution in [0.15, 0.2) is 60.9 Å². The van der Waals surface area contributed by atoms with E-state index in [4.69, 9.17) is 9.47 Å². The highest BCUT2D eigenvalue weighted by Crippen LogP contribution is 2.39. The van der Waals surface area contributed by atoms with E-state index in [1.54, 1.807) is 6.92 Å². The van der Waals surface area contributed by atoms with Crippen LogP contribution in [-0.4, -0.2) is 19.7 Å². The first kappa shape index (κ1) is 36.1. The van der Waals surface area contributed by atoms with E-state index in [-0.39, 0.29) is 12.1 Å². The van der Waals surface area contributed by atoms with Crippen LogP contribution in [0.2, 0.25) is 0 Å². The van der Waals surface area contributed by atoms with E-state index >= 15 is 0 Å². The van der Waals surface area contributed by atoms with Crippen molar-refractivity contribution in [3.8, 4) is 41.6 Å². The molecule has 0 heterocycles. The van der Waals surface area contributed by atoms with Crippen molar-refractivity contribution < 1.29 is 19.0 Å². The zero-order chi connectivity index (χ0) is 30.3. The van der Waals surface area contributed by atoms with Gasteiger partial charge < -0.3 is 14.2 Å². The molecule has 0 N–H and O–H groups in total. The van der Waals surface area contributed by atoms with Crippen LogP contribution < -0.4 is 4.74 Å². The van der Waals surface area contributed by atoms with Gasteiger partial charge in [-0.1, -0.05) is 55.8 Å². The fourth-order valence-corrected chi connectivity index (χ4v) is 3.81. The highest BCUT2D eigenvalue weighted by Gasteiger charge is 2.24. The van der Waals surface area contributed by atoms with Crippen LogP contribution in [0, 0.1) is 31.6 Å². The number of allylic oxidation sites excluding steroid dienone is 3. The van der Waals surface area contributed by atoms with E-state index in [0.29, 0.717) is 12.8 Å². The van der Waals surface area contributed by atoms with Crippen molar-refractivity contribution in [1.29, 1.82) is 0 Å². The van der Waals surface area contributed by atoms with Gasteiger partial charge in [-0.15, -0.1) is 24.7 Å². The summed E-state index contributed by atoms with van der Waals surface area (Å²) in [6.45, 7) is 16.6. The molecule has 0 radical (unpaired) electrons. The third kappa shape index (κ3) is 13.8. The van der Waals surface area contributed by atoms with E-state index < -0.39 is 0 Å². The van der Waals surface area contributed by atoms with Gasteiger partial charge in [-0.05, 0) is 88.8 Å². The number of methoxy groups -OCH3 is 1. The van der Waals surface area contributed by atoms with Crippen LogP contribution in [0.25, 0.3) is 11.1 Å². The number of aryl methyl sites for hydroxylation is 2. The zero-order valence-corrected chi connectivity index (χ0v) is 25.6. The molecule has 0 aliphatic heterocycles. The number of hydrogen-bond donors (Lipinski definition) is 0. The maximum Gasteiger partial charge on any atom is 0.306 e. The molecular weight excluding hydrogens is 496 g/mol. The summed E-state index contributed by atoms with van der Waals surface area (Å²) in [7, 11) is 1.38. The molecule has 216 valence electrons. The smallest absolute Gasteiger partial charge is 0.306 e. The molecular formula is C36H48O4. The summed E-state index contributed by atoms with van der Waals surface area (Å²) < 4.78 is 16.4. The Morgan fingerprint density at radius 1 is 1.15 bits per heavy atom. The molecule has 0 amide bonds. The summed E-state index contributed by atoms with van der Waals surface area (Å²) in [6, 6.07) is 13.2. The maximum absolute atomic E-state index is 10.4. The van der Waals surface area contributed by atoms with E-state index in [1.807, 2.05) is 32.9 Å². The lowest BCUT2D eigenvalue weighted by molar-refractivity contribution is -0.140. The number of carbonyl (C=O) groups excluding carboxylic acids is 1. The van der Waals surface area contributed by atoms with E-state index in [1.165, 1.54) is 34.9 Å². The van der Waals surface area contributed by atoms with Gasteiger partial charge in [0.15, 0.2) is 0 Å². The molecule has 0 saturated heterocycles. The zero-order valence-electron chi connectivity index (χ0n) is 25.6. The Hall–Kier alpha value is -3.89. The van der Waals surface area contributed by atoms with Crippen LogP contribution in [-0.2, 0) is 20.7 Å². The average Bonchev–Trinajstić information content (AvgIpc) is 3.36. The predicted molar refractivity (Wildman–Crippen MR) is 169 cm³/mol. The minimum atomic E-state index is -0.197. The number of rotatable bonds is 9.